The molecule has 0 spiro atoms. The summed E-state index contributed by atoms with van der Waals surface area (Å²) in [4.78, 5) is 29.3. The smallest absolute Gasteiger partial charge is 0.405 e. The number of hydrogen-bond acceptors (Lipinski definition) is 5. The summed E-state index contributed by atoms with van der Waals surface area (Å²) in [6.45, 7) is 0.124. The van der Waals surface area contributed by atoms with Gasteiger partial charge in [-0.25, -0.2) is 4.98 Å². The Morgan fingerprint density at radius 3 is 2.71 bits per heavy atom. The number of hydrogen-bond donors (Lipinski definition) is 1. The fourth-order valence-corrected chi connectivity index (χ4v) is 3.41. The van der Waals surface area contributed by atoms with Gasteiger partial charge in [0.05, 0.1) is 29.0 Å². The number of thioether (sulfide) groups is 1. The Morgan fingerprint density at radius 2 is 2.04 bits per heavy atom. The van der Waals surface area contributed by atoms with E-state index in [-0.39, 0.29) is 17.3 Å². The van der Waals surface area contributed by atoms with Crippen LogP contribution in [0.1, 0.15) is 12.7 Å². The lowest BCUT2D eigenvalue weighted by molar-refractivity contribution is -0.137. The number of benzene rings is 1. The summed E-state index contributed by atoms with van der Waals surface area (Å²) in [7, 11) is 0. The number of alkyl halides is 3. The average molecular weight is 411 g/mol. The molecule has 10 heteroatoms. The zero-order valence-electron chi connectivity index (χ0n) is 14.7. The van der Waals surface area contributed by atoms with Crippen LogP contribution in [0.4, 0.5) is 13.2 Å². The van der Waals surface area contributed by atoms with E-state index in [1.165, 1.54) is 17.8 Å². The van der Waals surface area contributed by atoms with Crippen LogP contribution in [0.5, 0.6) is 0 Å². The molecule has 0 saturated heterocycles. The van der Waals surface area contributed by atoms with E-state index in [4.69, 9.17) is 4.42 Å². The summed E-state index contributed by atoms with van der Waals surface area (Å²) in [5.41, 5.74) is 0.112. The lowest BCUT2D eigenvalue weighted by Gasteiger charge is -2.16. The summed E-state index contributed by atoms with van der Waals surface area (Å²) in [5.74, 6) is -0.288. The normalized spacial score (nSPS) is 12.9. The molecule has 1 amide bonds. The van der Waals surface area contributed by atoms with Gasteiger partial charge in [0.2, 0.25) is 5.91 Å². The van der Waals surface area contributed by atoms with E-state index in [9.17, 15) is 22.8 Å². The minimum atomic E-state index is -4.50. The number of furan rings is 1. The van der Waals surface area contributed by atoms with Crippen molar-refractivity contribution in [1.29, 1.82) is 0 Å². The van der Waals surface area contributed by atoms with Crippen molar-refractivity contribution in [2.75, 3.05) is 6.54 Å². The lowest BCUT2D eigenvalue weighted by atomic mass is 10.2. The SMILES string of the molecule is CC(Sc1nc2ccccc2c(=O)n1Cc1ccco1)C(=O)NCC(F)(F)F. The number of rotatable bonds is 6. The maximum Gasteiger partial charge on any atom is 0.405 e. The second kappa shape index (κ2) is 8.09. The molecule has 0 aliphatic carbocycles. The van der Waals surface area contributed by atoms with Gasteiger partial charge < -0.3 is 9.73 Å². The van der Waals surface area contributed by atoms with Gasteiger partial charge in [-0.2, -0.15) is 13.2 Å². The van der Waals surface area contributed by atoms with E-state index in [2.05, 4.69) is 4.98 Å². The first-order chi connectivity index (χ1) is 13.2. The number of aromatic nitrogens is 2. The predicted octanol–water partition coefficient (Wildman–Crippen LogP) is 3.20. The van der Waals surface area contributed by atoms with Crippen molar-refractivity contribution in [3.63, 3.8) is 0 Å². The van der Waals surface area contributed by atoms with Gasteiger partial charge in [-0.1, -0.05) is 23.9 Å². The van der Waals surface area contributed by atoms with E-state index in [0.717, 1.165) is 11.8 Å². The van der Waals surface area contributed by atoms with Gasteiger partial charge >= 0.3 is 6.18 Å². The van der Waals surface area contributed by atoms with Gasteiger partial charge in [0.15, 0.2) is 5.16 Å². The van der Waals surface area contributed by atoms with Crippen molar-refractivity contribution in [2.24, 2.45) is 0 Å². The van der Waals surface area contributed by atoms with Gasteiger partial charge in [0.25, 0.3) is 5.56 Å². The highest BCUT2D eigenvalue weighted by Crippen LogP contribution is 2.24. The summed E-state index contributed by atoms with van der Waals surface area (Å²) < 4.78 is 43.6. The van der Waals surface area contributed by atoms with Gasteiger partial charge in [-0.15, -0.1) is 0 Å². The molecule has 1 unspecified atom stereocenters. The number of nitrogens with one attached hydrogen (secondary N) is 1. The van der Waals surface area contributed by atoms with E-state index in [1.54, 1.807) is 36.4 Å². The van der Waals surface area contributed by atoms with Gasteiger partial charge in [0.1, 0.15) is 12.3 Å². The van der Waals surface area contributed by atoms with Crippen LogP contribution in [0, 0.1) is 0 Å². The minimum absolute atomic E-state index is 0.0862. The van der Waals surface area contributed by atoms with Crippen molar-refractivity contribution < 1.29 is 22.4 Å². The topological polar surface area (TPSA) is 77.1 Å². The van der Waals surface area contributed by atoms with Crippen molar-refractivity contribution >= 4 is 28.6 Å². The maximum absolute atomic E-state index is 12.9. The van der Waals surface area contributed by atoms with Crippen LogP contribution in [0.3, 0.4) is 0 Å². The molecule has 2 aromatic heterocycles. The molecule has 1 N–H and O–H groups in total. The molecule has 28 heavy (non-hydrogen) atoms. The first-order valence-electron chi connectivity index (χ1n) is 8.27. The Bertz CT molecular complexity index is 1030. The first kappa shape index (κ1) is 20.0. The Kier molecular flexibility index (Phi) is 5.78. The van der Waals surface area contributed by atoms with Gasteiger partial charge in [-0.05, 0) is 31.2 Å². The molecular formula is C18H16F3N3O3S. The Hall–Kier alpha value is -2.75. The monoisotopic (exact) mass is 411 g/mol. The van der Waals surface area contributed by atoms with Crippen molar-refractivity contribution in [2.45, 2.75) is 30.1 Å². The van der Waals surface area contributed by atoms with Crippen LogP contribution in [-0.4, -0.2) is 33.4 Å². The van der Waals surface area contributed by atoms with Crippen LogP contribution in [-0.2, 0) is 11.3 Å². The molecule has 0 aliphatic rings. The molecule has 0 aliphatic heterocycles. The van der Waals surface area contributed by atoms with Crippen LogP contribution in [0.15, 0.2) is 57.0 Å². The zero-order chi connectivity index (χ0) is 20.3. The third kappa shape index (κ3) is 4.75. The van der Waals surface area contributed by atoms with E-state index < -0.39 is 23.9 Å². The summed E-state index contributed by atoms with van der Waals surface area (Å²) in [5, 5.41) is 1.56. The Balaban J connectivity index is 1.92. The molecule has 0 bridgehead atoms. The third-order valence-electron chi connectivity index (χ3n) is 3.84. The number of nitrogens with zero attached hydrogens (tertiary/aromatic N) is 2. The average Bonchev–Trinajstić information content (AvgIpc) is 3.15. The molecular weight excluding hydrogens is 395 g/mol. The standard InChI is InChI=1S/C18H16F3N3O3S/c1-11(15(25)22-10-18(19,20)21)28-17-23-14-7-3-2-6-13(14)16(26)24(17)9-12-5-4-8-27-12/h2-8,11H,9-10H2,1H3,(H,22,25). The molecule has 6 nitrogen and oxygen atoms in total. The lowest BCUT2D eigenvalue weighted by Crippen LogP contribution is -2.38. The third-order valence-corrected chi connectivity index (χ3v) is 4.93. The summed E-state index contributed by atoms with van der Waals surface area (Å²) >= 11 is 0.911. The number of para-hydroxylation sites is 1. The van der Waals surface area contributed by atoms with Crippen LogP contribution in [0.2, 0.25) is 0 Å². The van der Waals surface area contributed by atoms with Crippen molar-refractivity contribution in [1.82, 2.24) is 14.9 Å². The number of carbonyl (C=O) groups excluding carboxylic acids is 1. The second-order valence-electron chi connectivity index (χ2n) is 5.98. The highest BCUT2D eigenvalue weighted by Gasteiger charge is 2.29. The van der Waals surface area contributed by atoms with Crippen LogP contribution >= 0.6 is 11.8 Å². The van der Waals surface area contributed by atoms with Crippen molar-refractivity contribution in [3.05, 3.63) is 58.8 Å². The highest BCUT2D eigenvalue weighted by atomic mass is 32.2. The molecule has 0 fully saturated rings. The molecule has 1 aromatic carbocycles. The van der Waals surface area contributed by atoms with Crippen LogP contribution < -0.4 is 10.9 Å². The van der Waals surface area contributed by atoms with E-state index in [1.807, 2.05) is 5.32 Å². The number of halogens is 3. The quantitative estimate of drug-likeness (QED) is 0.498. The molecule has 2 heterocycles. The predicted molar refractivity (Wildman–Crippen MR) is 98.2 cm³/mol. The second-order valence-corrected chi connectivity index (χ2v) is 7.28. The Morgan fingerprint density at radius 1 is 1.29 bits per heavy atom. The largest absolute Gasteiger partial charge is 0.467 e. The highest BCUT2D eigenvalue weighted by molar-refractivity contribution is 8.00. The van der Waals surface area contributed by atoms with Crippen LogP contribution in [0.25, 0.3) is 10.9 Å². The number of amides is 1. The molecule has 0 saturated carbocycles. The molecule has 3 rings (SSSR count). The fourth-order valence-electron chi connectivity index (χ4n) is 2.48. The summed E-state index contributed by atoms with van der Waals surface area (Å²) in [6, 6.07) is 10.1. The number of carbonyl (C=O) groups is 1. The maximum atomic E-state index is 12.9. The summed E-state index contributed by atoms with van der Waals surface area (Å²) in [6.07, 6.45) is -3.03. The molecule has 3 aromatic rings. The molecule has 0 radical (unpaired) electrons. The van der Waals surface area contributed by atoms with Gasteiger partial charge in [-0.3, -0.25) is 14.2 Å². The Labute approximate surface area is 161 Å². The van der Waals surface area contributed by atoms with Gasteiger partial charge in [0, 0.05) is 0 Å². The number of fused-ring (bicyclic) bond motifs is 1. The van der Waals surface area contributed by atoms with Crippen molar-refractivity contribution in [3.8, 4) is 0 Å². The fraction of sp³-hybridized carbons (Fsp3) is 0.278. The zero-order valence-corrected chi connectivity index (χ0v) is 15.5. The molecule has 1 atom stereocenters. The minimum Gasteiger partial charge on any atom is -0.467 e. The first-order valence-corrected chi connectivity index (χ1v) is 9.15. The van der Waals surface area contributed by atoms with E-state index in [0.29, 0.717) is 16.7 Å². The van der Waals surface area contributed by atoms with E-state index >= 15 is 0 Å². The molecule has 148 valence electrons.